The van der Waals surface area contributed by atoms with Crippen molar-refractivity contribution >= 4 is 23.5 Å². The van der Waals surface area contributed by atoms with Crippen LogP contribution in [0.25, 0.3) is 0 Å². The van der Waals surface area contributed by atoms with Gasteiger partial charge in [0.25, 0.3) is 0 Å². The van der Waals surface area contributed by atoms with Crippen LogP contribution in [0.4, 0.5) is 5.69 Å². The van der Waals surface area contributed by atoms with Gasteiger partial charge in [-0.1, -0.05) is 19.1 Å². The zero-order valence-corrected chi connectivity index (χ0v) is 13.0. The average molecular weight is 316 g/mol. The first-order chi connectivity index (χ1) is 10.9. The molecule has 1 saturated carbocycles. The number of hydrogen-bond donors (Lipinski definition) is 2. The minimum atomic E-state index is -1.10. The normalized spacial score (nSPS) is 22.0. The summed E-state index contributed by atoms with van der Waals surface area (Å²) >= 11 is 0. The molecule has 122 valence electrons. The molecule has 0 radical (unpaired) electrons. The molecule has 1 saturated heterocycles. The highest BCUT2D eigenvalue weighted by atomic mass is 16.4. The Labute approximate surface area is 134 Å². The summed E-state index contributed by atoms with van der Waals surface area (Å²) in [6.45, 7) is 2.36. The zero-order valence-electron chi connectivity index (χ0n) is 13.0. The molecule has 2 N–H and O–H groups in total. The van der Waals surface area contributed by atoms with E-state index in [-0.39, 0.29) is 18.2 Å². The van der Waals surface area contributed by atoms with E-state index in [4.69, 9.17) is 5.11 Å². The van der Waals surface area contributed by atoms with Crippen LogP contribution in [0.1, 0.15) is 31.7 Å². The predicted molar refractivity (Wildman–Crippen MR) is 84.0 cm³/mol. The summed E-state index contributed by atoms with van der Waals surface area (Å²) in [5.74, 6) is -1.94. The summed E-state index contributed by atoms with van der Waals surface area (Å²) < 4.78 is 0. The molecule has 1 aliphatic carbocycles. The van der Waals surface area contributed by atoms with Gasteiger partial charge in [-0.3, -0.25) is 9.59 Å². The van der Waals surface area contributed by atoms with Crippen molar-refractivity contribution in [2.45, 2.75) is 38.1 Å². The van der Waals surface area contributed by atoms with Crippen molar-refractivity contribution in [2.24, 2.45) is 5.92 Å². The van der Waals surface area contributed by atoms with Gasteiger partial charge in [-0.2, -0.15) is 0 Å². The molecule has 0 spiro atoms. The third-order valence-corrected chi connectivity index (χ3v) is 4.67. The fraction of sp³-hybridized carbons (Fsp3) is 0.471. The highest BCUT2D eigenvalue weighted by Crippen LogP contribution is 2.36. The number of amides is 2. The van der Waals surface area contributed by atoms with Crippen LogP contribution in [0.5, 0.6) is 0 Å². The van der Waals surface area contributed by atoms with Gasteiger partial charge in [0, 0.05) is 18.7 Å². The van der Waals surface area contributed by atoms with Crippen molar-refractivity contribution in [2.75, 3.05) is 11.4 Å². The van der Waals surface area contributed by atoms with Crippen molar-refractivity contribution < 1.29 is 19.5 Å². The first-order valence-corrected chi connectivity index (χ1v) is 7.90. The minimum Gasteiger partial charge on any atom is -0.480 e. The first-order valence-electron chi connectivity index (χ1n) is 7.90. The highest BCUT2D eigenvalue weighted by molar-refractivity contribution is 6.01. The molecule has 1 heterocycles. The molecular weight excluding hydrogens is 296 g/mol. The van der Waals surface area contributed by atoms with Crippen LogP contribution in [-0.2, 0) is 20.8 Å². The molecule has 6 heteroatoms. The fourth-order valence-electron chi connectivity index (χ4n) is 2.90. The molecule has 23 heavy (non-hydrogen) atoms. The van der Waals surface area contributed by atoms with E-state index in [1.165, 1.54) is 5.56 Å². The topological polar surface area (TPSA) is 86.7 Å². The third-order valence-electron chi connectivity index (χ3n) is 4.67. The van der Waals surface area contributed by atoms with E-state index in [1.807, 2.05) is 24.3 Å². The number of carboxylic acids is 1. The summed E-state index contributed by atoms with van der Waals surface area (Å²) in [6, 6.07) is 7.71. The monoisotopic (exact) mass is 316 g/mol. The number of nitrogens with zero attached hydrogens (tertiary/aromatic N) is 1. The van der Waals surface area contributed by atoms with Crippen molar-refractivity contribution in [3.05, 3.63) is 29.8 Å². The van der Waals surface area contributed by atoms with Crippen LogP contribution >= 0.6 is 0 Å². The molecule has 1 aromatic carbocycles. The molecule has 2 fully saturated rings. The van der Waals surface area contributed by atoms with Gasteiger partial charge in [-0.15, -0.1) is 0 Å². The Morgan fingerprint density at radius 1 is 1.30 bits per heavy atom. The standard InChI is InChI=1S/C17H20N2O4/c1-2-11-3-5-13(6-4-11)19-10-12(9-14(19)20)15(21)18-17(7-8-17)16(22)23/h3-6,12H,2,7-10H2,1H3,(H,18,21)(H,22,23). The Kier molecular flexibility index (Phi) is 3.83. The summed E-state index contributed by atoms with van der Waals surface area (Å²) in [4.78, 5) is 37.2. The molecule has 0 aromatic heterocycles. The van der Waals surface area contributed by atoms with Crippen LogP contribution in [0.2, 0.25) is 0 Å². The molecule has 0 bridgehead atoms. The molecule has 6 nitrogen and oxygen atoms in total. The third kappa shape index (κ3) is 2.93. The lowest BCUT2D eigenvalue weighted by molar-refractivity contribution is -0.143. The Morgan fingerprint density at radius 2 is 1.96 bits per heavy atom. The average Bonchev–Trinajstić information content (AvgIpc) is 3.22. The number of aliphatic carboxylic acids is 1. The number of carbonyl (C=O) groups is 3. The van der Waals surface area contributed by atoms with Gasteiger partial charge in [0.05, 0.1) is 5.92 Å². The van der Waals surface area contributed by atoms with Crippen LogP contribution in [-0.4, -0.2) is 35.0 Å². The van der Waals surface area contributed by atoms with Gasteiger partial charge in [-0.25, -0.2) is 4.79 Å². The van der Waals surface area contributed by atoms with E-state index in [9.17, 15) is 14.4 Å². The maximum atomic E-state index is 12.3. The van der Waals surface area contributed by atoms with E-state index in [1.54, 1.807) is 4.90 Å². The Balaban J connectivity index is 1.67. The maximum absolute atomic E-state index is 12.3. The van der Waals surface area contributed by atoms with Gasteiger partial charge in [0.1, 0.15) is 5.54 Å². The lowest BCUT2D eigenvalue weighted by Crippen LogP contribution is -2.46. The first kappa shape index (κ1) is 15.5. The lowest BCUT2D eigenvalue weighted by atomic mass is 10.1. The molecule has 1 unspecified atom stereocenters. The number of aryl methyl sites for hydroxylation is 1. The van der Waals surface area contributed by atoms with E-state index in [0.717, 1.165) is 12.1 Å². The number of anilines is 1. The highest BCUT2D eigenvalue weighted by Gasteiger charge is 2.52. The van der Waals surface area contributed by atoms with E-state index >= 15 is 0 Å². The van der Waals surface area contributed by atoms with Crippen LogP contribution in [0.3, 0.4) is 0 Å². The van der Waals surface area contributed by atoms with Gasteiger partial charge in [0.15, 0.2) is 0 Å². The van der Waals surface area contributed by atoms with Crippen LogP contribution < -0.4 is 10.2 Å². The van der Waals surface area contributed by atoms with Crippen molar-refractivity contribution in [1.29, 1.82) is 0 Å². The Morgan fingerprint density at radius 3 is 2.48 bits per heavy atom. The molecular formula is C17H20N2O4. The Hall–Kier alpha value is -2.37. The molecule has 1 aromatic rings. The largest absolute Gasteiger partial charge is 0.480 e. The van der Waals surface area contributed by atoms with E-state index < -0.39 is 17.4 Å². The van der Waals surface area contributed by atoms with Gasteiger partial charge >= 0.3 is 5.97 Å². The van der Waals surface area contributed by atoms with Gasteiger partial charge < -0.3 is 15.3 Å². The zero-order chi connectivity index (χ0) is 16.6. The van der Waals surface area contributed by atoms with Crippen LogP contribution in [0, 0.1) is 5.92 Å². The maximum Gasteiger partial charge on any atom is 0.329 e. The number of carboxylic acid groups (broad SMARTS) is 1. The predicted octanol–water partition coefficient (Wildman–Crippen LogP) is 1.34. The van der Waals surface area contributed by atoms with Gasteiger partial charge in [0.2, 0.25) is 11.8 Å². The molecule has 3 rings (SSSR count). The number of rotatable bonds is 5. The minimum absolute atomic E-state index is 0.102. The number of carbonyl (C=O) groups excluding carboxylic acids is 2. The molecule has 1 atom stereocenters. The Bertz CT molecular complexity index is 649. The second-order valence-electron chi connectivity index (χ2n) is 6.30. The van der Waals surface area contributed by atoms with E-state index in [2.05, 4.69) is 12.2 Å². The van der Waals surface area contributed by atoms with Crippen molar-refractivity contribution in [1.82, 2.24) is 5.32 Å². The summed E-state index contributed by atoms with van der Waals surface area (Å²) in [5.41, 5.74) is 0.866. The SMILES string of the molecule is CCc1ccc(N2CC(C(=O)NC3(C(=O)O)CC3)CC2=O)cc1. The molecule has 1 aliphatic heterocycles. The van der Waals surface area contributed by atoms with Crippen molar-refractivity contribution in [3.8, 4) is 0 Å². The summed E-state index contributed by atoms with van der Waals surface area (Å²) in [7, 11) is 0. The van der Waals surface area contributed by atoms with Gasteiger partial charge in [-0.05, 0) is 37.0 Å². The lowest BCUT2D eigenvalue weighted by Gasteiger charge is -2.18. The molecule has 2 amide bonds. The van der Waals surface area contributed by atoms with E-state index in [0.29, 0.717) is 19.4 Å². The number of hydrogen-bond acceptors (Lipinski definition) is 3. The molecule has 2 aliphatic rings. The quantitative estimate of drug-likeness (QED) is 0.858. The second kappa shape index (κ2) is 5.68. The number of nitrogens with one attached hydrogen (secondary N) is 1. The summed E-state index contributed by atoms with van der Waals surface area (Å²) in [5, 5.41) is 11.7. The summed E-state index contributed by atoms with van der Waals surface area (Å²) in [6.07, 6.45) is 1.96. The second-order valence-corrected chi connectivity index (χ2v) is 6.30. The smallest absolute Gasteiger partial charge is 0.329 e. The number of benzene rings is 1. The fourth-order valence-corrected chi connectivity index (χ4v) is 2.90. The van der Waals surface area contributed by atoms with Crippen molar-refractivity contribution in [3.63, 3.8) is 0 Å². The van der Waals surface area contributed by atoms with Crippen LogP contribution in [0.15, 0.2) is 24.3 Å².